The summed E-state index contributed by atoms with van der Waals surface area (Å²) in [5, 5.41) is 0. The Morgan fingerprint density at radius 3 is 2.62 bits per heavy atom. The lowest BCUT2D eigenvalue weighted by molar-refractivity contribution is -0.152. The van der Waals surface area contributed by atoms with Crippen molar-refractivity contribution in [3.63, 3.8) is 0 Å². The molecule has 1 aromatic heterocycles. The van der Waals surface area contributed by atoms with Crippen LogP contribution in [0.5, 0.6) is 0 Å². The van der Waals surface area contributed by atoms with E-state index in [1.54, 1.807) is 36.4 Å². The zero-order valence-corrected chi connectivity index (χ0v) is 16.8. The second-order valence-electron chi connectivity index (χ2n) is 6.37. The first kappa shape index (κ1) is 20.6. The van der Waals surface area contributed by atoms with Crippen LogP contribution in [0.4, 0.5) is 0 Å². The number of hydrogen-bond donors (Lipinski definition) is 2. The topological polar surface area (TPSA) is 118 Å². The second-order valence-corrected chi connectivity index (χ2v) is 7.29. The number of hydrazine groups is 1. The number of nitrogens with one attached hydrogen (secondary N) is 2. The highest BCUT2D eigenvalue weighted by Crippen LogP contribution is 2.21. The van der Waals surface area contributed by atoms with E-state index in [-0.39, 0.29) is 25.4 Å². The van der Waals surface area contributed by atoms with Crippen LogP contribution in [0.2, 0.25) is 0 Å². The molecule has 1 atom stereocenters. The number of halogens is 1. The van der Waals surface area contributed by atoms with Crippen LogP contribution in [-0.4, -0.2) is 41.7 Å². The third-order valence-corrected chi connectivity index (χ3v) is 4.77. The van der Waals surface area contributed by atoms with Gasteiger partial charge < -0.3 is 14.1 Å². The number of amides is 3. The highest BCUT2D eigenvalue weighted by atomic mass is 79.9. The van der Waals surface area contributed by atoms with Crippen molar-refractivity contribution in [1.82, 2.24) is 15.8 Å². The summed E-state index contributed by atoms with van der Waals surface area (Å²) < 4.78 is 11.0. The van der Waals surface area contributed by atoms with Crippen LogP contribution in [-0.2, 0) is 25.7 Å². The summed E-state index contributed by atoms with van der Waals surface area (Å²) >= 11 is 3.26. The molecule has 3 rings (SSSR count). The molecule has 0 saturated carbocycles. The Kier molecular flexibility index (Phi) is 6.65. The maximum Gasteiger partial charge on any atom is 0.311 e. The number of nitrogens with zero attached hydrogens (tertiary/aromatic N) is 1. The van der Waals surface area contributed by atoms with E-state index in [4.69, 9.17) is 9.15 Å². The average molecular weight is 464 g/mol. The first-order chi connectivity index (χ1) is 13.9. The summed E-state index contributed by atoms with van der Waals surface area (Å²) in [4.78, 5) is 49.4. The lowest BCUT2D eigenvalue weighted by atomic mass is 10.1. The SMILES string of the molecule is O=C(COC(=O)[C@H]1CC(=O)N(Cc2ccco2)C1)NNC(=O)c1ccc(Br)cc1. The van der Waals surface area contributed by atoms with Gasteiger partial charge in [0.15, 0.2) is 6.61 Å². The van der Waals surface area contributed by atoms with Gasteiger partial charge in [-0.05, 0) is 36.4 Å². The maximum atomic E-state index is 12.1. The van der Waals surface area contributed by atoms with Crippen LogP contribution >= 0.6 is 15.9 Å². The molecule has 1 fully saturated rings. The summed E-state index contributed by atoms with van der Waals surface area (Å²) in [6, 6.07) is 10.0. The molecule has 0 unspecified atom stereocenters. The molecular formula is C19H18BrN3O6. The molecule has 0 bridgehead atoms. The fourth-order valence-electron chi connectivity index (χ4n) is 2.76. The van der Waals surface area contributed by atoms with Crippen molar-refractivity contribution in [3.8, 4) is 0 Å². The highest BCUT2D eigenvalue weighted by molar-refractivity contribution is 9.10. The number of rotatable bonds is 6. The number of ether oxygens (including phenoxy) is 1. The quantitative estimate of drug-likeness (QED) is 0.493. The Morgan fingerprint density at radius 2 is 1.93 bits per heavy atom. The largest absolute Gasteiger partial charge is 0.467 e. The molecule has 0 radical (unpaired) electrons. The van der Waals surface area contributed by atoms with E-state index in [0.29, 0.717) is 11.3 Å². The van der Waals surface area contributed by atoms with Crippen LogP contribution in [0.25, 0.3) is 0 Å². The lowest BCUT2D eigenvalue weighted by Crippen LogP contribution is -2.43. The van der Waals surface area contributed by atoms with Gasteiger partial charge in [-0.25, -0.2) is 0 Å². The molecule has 1 aliphatic heterocycles. The van der Waals surface area contributed by atoms with Gasteiger partial charge in [-0.2, -0.15) is 0 Å². The Bertz CT molecular complexity index is 897. The van der Waals surface area contributed by atoms with E-state index in [9.17, 15) is 19.2 Å². The van der Waals surface area contributed by atoms with Gasteiger partial charge in [0.1, 0.15) is 5.76 Å². The smallest absolute Gasteiger partial charge is 0.311 e. The number of carbonyl (C=O) groups excluding carboxylic acids is 4. The molecule has 0 aliphatic carbocycles. The van der Waals surface area contributed by atoms with E-state index < -0.39 is 30.3 Å². The molecular weight excluding hydrogens is 446 g/mol. The predicted molar refractivity (Wildman–Crippen MR) is 103 cm³/mol. The van der Waals surface area contributed by atoms with Gasteiger partial charge in [0, 0.05) is 23.0 Å². The fourth-order valence-corrected chi connectivity index (χ4v) is 3.03. The van der Waals surface area contributed by atoms with Gasteiger partial charge in [0.25, 0.3) is 11.8 Å². The number of benzene rings is 1. The number of esters is 1. The maximum absolute atomic E-state index is 12.1. The van der Waals surface area contributed by atoms with E-state index in [1.165, 1.54) is 11.2 Å². The Labute approximate surface area is 174 Å². The van der Waals surface area contributed by atoms with Crippen molar-refractivity contribution in [2.75, 3.05) is 13.2 Å². The van der Waals surface area contributed by atoms with Gasteiger partial charge in [-0.1, -0.05) is 15.9 Å². The van der Waals surface area contributed by atoms with Gasteiger partial charge in [0.05, 0.1) is 18.7 Å². The van der Waals surface area contributed by atoms with Crippen molar-refractivity contribution >= 4 is 39.6 Å². The van der Waals surface area contributed by atoms with Gasteiger partial charge in [0.2, 0.25) is 5.91 Å². The van der Waals surface area contributed by atoms with Crippen LogP contribution in [0.3, 0.4) is 0 Å². The molecule has 2 N–H and O–H groups in total. The van der Waals surface area contributed by atoms with Crippen LogP contribution in [0, 0.1) is 5.92 Å². The first-order valence-corrected chi connectivity index (χ1v) is 9.53. The third-order valence-electron chi connectivity index (χ3n) is 4.24. The van der Waals surface area contributed by atoms with Crippen molar-refractivity contribution in [2.24, 2.45) is 5.92 Å². The minimum absolute atomic E-state index is 0.0153. The molecule has 1 aliphatic rings. The number of carbonyl (C=O) groups is 4. The molecule has 152 valence electrons. The summed E-state index contributed by atoms with van der Waals surface area (Å²) in [5.74, 6) is -2.06. The second kappa shape index (κ2) is 9.37. The average Bonchev–Trinajstić information content (AvgIpc) is 3.35. The molecule has 3 amide bonds. The molecule has 1 aromatic carbocycles. The lowest BCUT2D eigenvalue weighted by Gasteiger charge is -2.14. The van der Waals surface area contributed by atoms with Crippen molar-refractivity contribution in [3.05, 3.63) is 58.5 Å². The van der Waals surface area contributed by atoms with Crippen molar-refractivity contribution in [1.29, 1.82) is 0 Å². The van der Waals surface area contributed by atoms with Gasteiger partial charge >= 0.3 is 5.97 Å². The Hall–Kier alpha value is -3.14. The first-order valence-electron chi connectivity index (χ1n) is 8.74. The Morgan fingerprint density at radius 1 is 1.17 bits per heavy atom. The van der Waals surface area contributed by atoms with Gasteiger partial charge in [-0.15, -0.1) is 0 Å². The number of likely N-dealkylation sites (tertiary alicyclic amines) is 1. The number of furan rings is 1. The van der Waals surface area contributed by atoms with Crippen LogP contribution < -0.4 is 10.9 Å². The van der Waals surface area contributed by atoms with Crippen LogP contribution in [0.1, 0.15) is 22.5 Å². The summed E-state index contributed by atoms with van der Waals surface area (Å²) in [6.07, 6.45) is 1.53. The minimum Gasteiger partial charge on any atom is -0.467 e. The molecule has 2 heterocycles. The van der Waals surface area contributed by atoms with E-state index >= 15 is 0 Å². The van der Waals surface area contributed by atoms with Crippen molar-refractivity contribution in [2.45, 2.75) is 13.0 Å². The third kappa shape index (κ3) is 5.67. The zero-order valence-electron chi connectivity index (χ0n) is 15.2. The van der Waals surface area contributed by atoms with E-state index in [2.05, 4.69) is 26.8 Å². The normalized spacial score (nSPS) is 15.8. The van der Waals surface area contributed by atoms with Crippen molar-refractivity contribution < 1.29 is 28.3 Å². The van der Waals surface area contributed by atoms with Crippen LogP contribution in [0.15, 0.2) is 51.6 Å². The summed E-state index contributed by atoms with van der Waals surface area (Å²) in [7, 11) is 0. The summed E-state index contributed by atoms with van der Waals surface area (Å²) in [5.41, 5.74) is 4.76. The molecule has 9 nitrogen and oxygen atoms in total. The predicted octanol–water partition coefficient (Wildman–Crippen LogP) is 1.39. The zero-order chi connectivity index (χ0) is 20.8. The standard InChI is InChI=1S/C19H18BrN3O6/c20-14-5-3-12(4-6-14)18(26)22-21-16(24)11-29-19(27)13-8-17(25)23(9-13)10-15-2-1-7-28-15/h1-7,13H,8-11H2,(H,21,24)(H,22,26)/t13-/m0/s1. The molecule has 29 heavy (non-hydrogen) atoms. The number of hydrogen-bond acceptors (Lipinski definition) is 6. The van der Waals surface area contributed by atoms with Gasteiger partial charge in [-0.3, -0.25) is 30.0 Å². The molecule has 2 aromatic rings. The van der Waals surface area contributed by atoms with E-state index in [0.717, 1.165) is 4.47 Å². The van der Waals surface area contributed by atoms with E-state index in [1.807, 2.05) is 0 Å². The highest BCUT2D eigenvalue weighted by Gasteiger charge is 2.35. The fraction of sp³-hybridized carbons (Fsp3) is 0.263. The molecule has 1 saturated heterocycles. The molecule has 10 heteroatoms. The monoisotopic (exact) mass is 463 g/mol. The Balaban J connectivity index is 1.39. The summed E-state index contributed by atoms with van der Waals surface area (Å²) in [6.45, 7) is -0.0964. The molecule has 0 spiro atoms. The minimum atomic E-state index is -0.694.